The van der Waals surface area contributed by atoms with Crippen LogP contribution in [0.3, 0.4) is 0 Å². The Kier molecular flexibility index (Phi) is 7.73. The van der Waals surface area contributed by atoms with E-state index in [0.717, 1.165) is 12.8 Å². The topological polar surface area (TPSA) is 105 Å². The molecule has 0 aromatic heterocycles. The van der Waals surface area contributed by atoms with Crippen LogP contribution in [-0.2, 0) is 14.8 Å². The van der Waals surface area contributed by atoms with Crippen LogP contribution in [0, 0.1) is 37.5 Å². The first-order chi connectivity index (χ1) is 15.1. The number of alkyl halides is 1. The van der Waals surface area contributed by atoms with E-state index in [9.17, 15) is 18.0 Å². The number of sulfonamides is 1. The Labute approximate surface area is 195 Å². The summed E-state index contributed by atoms with van der Waals surface area (Å²) in [4.78, 5) is 23.8. The maximum atomic E-state index is 13.5. The highest BCUT2D eigenvalue weighted by molar-refractivity contribution is 7.89. The van der Waals surface area contributed by atoms with Crippen LogP contribution in [0.4, 0.5) is 4.79 Å². The van der Waals surface area contributed by atoms with E-state index in [1.54, 1.807) is 37.3 Å². The first-order valence-corrected chi connectivity index (χ1v) is 12.8. The van der Waals surface area contributed by atoms with Gasteiger partial charge in [-0.3, -0.25) is 0 Å². The number of ether oxygens (including phenoxy) is 1. The molecule has 0 bridgehead atoms. The predicted octanol–water partition coefficient (Wildman–Crippen LogP) is 2.52. The van der Waals surface area contributed by atoms with Gasteiger partial charge in [-0.25, -0.2) is 18.0 Å². The predicted molar refractivity (Wildman–Crippen MR) is 122 cm³/mol. The molecule has 32 heavy (non-hydrogen) atoms. The minimum Gasteiger partial charge on any atom is -0.465 e. The molecule has 8 nitrogen and oxygen atoms in total. The molecule has 1 saturated carbocycles. The number of hydrogen-bond donors (Lipinski definition) is 2. The molecule has 1 aromatic carbocycles. The average Bonchev–Trinajstić information content (AvgIpc) is 3.14. The third kappa shape index (κ3) is 4.75. The third-order valence-electron chi connectivity index (χ3n) is 6.99. The van der Waals surface area contributed by atoms with Crippen molar-refractivity contribution < 1.29 is 22.7 Å². The van der Waals surface area contributed by atoms with Gasteiger partial charge in [0.05, 0.1) is 17.6 Å². The van der Waals surface area contributed by atoms with Crippen molar-refractivity contribution in [2.45, 2.75) is 31.6 Å². The van der Waals surface area contributed by atoms with Crippen LogP contribution in [-0.4, -0.2) is 64.4 Å². The summed E-state index contributed by atoms with van der Waals surface area (Å²) in [5, 5.41) is 5.46. The molecule has 1 heterocycles. The molecule has 1 aromatic rings. The van der Waals surface area contributed by atoms with Crippen molar-refractivity contribution >= 4 is 33.6 Å². The molecule has 1 aliphatic carbocycles. The van der Waals surface area contributed by atoms with Crippen LogP contribution >= 0.6 is 11.6 Å². The number of benzene rings is 1. The summed E-state index contributed by atoms with van der Waals surface area (Å²) in [6.45, 7) is 4.81. The van der Waals surface area contributed by atoms with Gasteiger partial charge in [0.25, 0.3) is 0 Å². The van der Waals surface area contributed by atoms with E-state index in [1.807, 2.05) is 0 Å². The number of halogens is 1. The van der Waals surface area contributed by atoms with Gasteiger partial charge in [-0.15, -0.1) is 11.6 Å². The fourth-order valence-corrected chi connectivity index (χ4v) is 7.45. The van der Waals surface area contributed by atoms with Crippen molar-refractivity contribution in [3.8, 4) is 0 Å². The van der Waals surface area contributed by atoms with Gasteiger partial charge in [0, 0.05) is 32.6 Å². The summed E-state index contributed by atoms with van der Waals surface area (Å²) in [6, 6.07) is 2.93. The molecular formula is C22H32ClN3O5S. The van der Waals surface area contributed by atoms with Gasteiger partial charge < -0.3 is 15.4 Å². The Morgan fingerprint density at radius 2 is 1.97 bits per heavy atom. The molecule has 4 atom stereocenters. The number of urea groups is 1. The maximum absolute atomic E-state index is 13.5. The third-order valence-corrected chi connectivity index (χ3v) is 9.39. The van der Waals surface area contributed by atoms with Crippen molar-refractivity contribution in [1.29, 1.82) is 0 Å². The molecule has 178 valence electrons. The lowest BCUT2D eigenvalue weighted by Gasteiger charge is -2.36. The van der Waals surface area contributed by atoms with E-state index in [4.69, 9.17) is 16.3 Å². The van der Waals surface area contributed by atoms with E-state index in [0.29, 0.717) is 48.1 Å². The molecule has 3 rings (SSSR count). The van der Waals surface area contributed by atoms with Gasteiger partial charge in [-0.05, 0) is 73.6 Å². The standard InChI is InChI=1S/C22H32ClN3O5S/c1-13-8-20(14(2)7-18(13)21(27)31-4)32(29,30)26-6-5-17-16(12-26)9-15(10-23)19(17)11-25-22(28)24-3/h7-8,15-17,19H,5-6,9-12H2,1-4H3,(H2,24,25,28). The Bertz CT molecular complexity index is 984. The average molecular weight is 486 g/mol. The summed E-state index contributed by atoms with van der Waals surface area (Å²) in [6.07, 6.45) is 1.58. The Hall–Kier alpha value is -1.84. The number of fused-ring (bicyclic) bond motifs is 1. The van der Waals surface area contributed by atoms with Crippen LogP contribution in [0.2, 0.25) is 0 Å². The number of nitrogens with one attached hydrogen (secondary N) is 2. The summed E-state index contributed by atoms with van der Waals surface area (Å²) in [7, 11) is -0.821. The number of amides is 2. The molecule has 10 heteroatoms. The minimum atomic E-state index is -3.71. The lowest BCUT2D eigenvalue weighted by atomic mass is 9.83. The zero-order chi connectivity index (χ0) is 23.6. The number of aryl methyl sites for hydroxylation is 2. The second kappa shape index (κ2) is 9.97. The Morgan fingerprint density at radius 1 is 1.25 bits per heavy atom. The highest BCUT2D eigenvalue weighted by Crippen LogP contribution is 2.47. The van der Waals surface area contributed by atoms with Crippen LogP contribution in [0.5, 0.6) is 0 Å². The molecule has 0 spiro atoms. The van der Waals surface area contributed by atoms with E-state index in [-0.39, 0.29) is 28.7 Å². The normalized spacial score (nSPS) is 25.8. The zero-order valence-electron chi connectivity index (χ0n) is 19.0. The largest absolute Gasteiger partial charge is 0.465 e. The van der Waals surface area contributed by atoms with Crippen molar-refractivity contribution in [2.75, 3.05) is 39.7 Å². The second-order valence-corrected chi connectivity index (χ2v) is 11.0. The lowest BCUT2D eigenvalue weighted by molar-refractivity contribution is 0.0599. The Balaban J connectivity index is 1.79. The quantitative estimate of drug-likeness (QED) is 0.476. The molecule has 2 aliphatic rings. The molecule has 2 N–H and O–H groups in total. The Morgan fingerprint density at radius 3 is 2.59 bits per heavy atom. The fraction of sp³-hybridized carbons (Fsp3) is 0.636. The summed E-state index contributed by atoms with van der Waals surface area (Å²) in [5.74, 6) is 1.02. The highest BCUT2D eigenvalue weighted by atomic mass is 35.5. The second-order valence-electron chi connectivity index (χ2n) is 8.77. The van der Waals surface area contributed by atoms with Gasteiger partial charge in [-0.2, -0.15) is 4.31 Å². The van der Waals surface area contributed by atoms with Crippen molar-refractivity contribution in [1.82, 2.24) is 14.9 Å². The minimum absolute atomic E-state index is 0.203. The molecule has 0 radical (unpaired) electrons. The monoisotopic (exact) mass is 485 g/mol. The van der Waals surface area contributed by atoms with Crippen LogP contribution in [0.1, 0.15) is 34.3 Å². The molecule has 2 amide bonds. The number of hydrogen-bond acceptors (Lipinski definition) is 5. The van der Waals surface area contributed by atoms with E-state index in [2.05, 4.69) is 10.6 Å². The first kappa shape index (κ1) is 24.8. The van der Waals surface area contributed by atoms with Crippen molar-refractivity contribution in [3.05, 3.63) is 28.8 Å². The summed E-state index contributed by atoms with van der Waals surface area (Å²) < 4.78 is 33.4. The van der Waals surface area contributed by atoms with Crippen LogP contribution in [0.15, 0.2) is 17.0 Å². The van der Waals surface area contributed by atoms with Gasteiger partial charge in [0.1, 0.15) is 0 Å². The van der Waals surface area contributed by atoms with E-state index in [1.165, 1.54) is 7.11 Å². The van der Waals surface area contributed by atoms with Gasteiger partial charge in [0.15, 0.2) is 0 Å². The number of nitrogens with zero attached hydrogens (tertiary/aromatic N) is 1. The van der Waals surface area contributed by atoms with E-state index >= 15 is 0 Å². The molecule has 4 unspecified atom stereocenters. The zero-order valence-corrected chi connectivity index (χ0v) is 20.6. The highest BCUT2D eigenvalue weighted by Gasteiger charge is 2.47. The lowest BCUT2D eigenvalue weighted by Crippen LogP contribution is -2.45. The summed E-state index contributed by atoms with van der Waals surface area (Å²) in [5.41, 5.74) is 1.46. The number of methoxy groups -OCH3 is 1. The van der Waals surface area contributed by atoms with Gasteiger partial charge in [0.2, 0.25) is 10.0 Å². The number of carbonyl (C=O) groups excluding carboxylic acids is 2. The van der Waals surface area contributed by atoms with E-state index < -0.39 is 16.0 Å². The SMILES string of the molecule is CNC(=O)NCC1C(CCl)CC2CN(S(=O)(=O)c3cc(C)c(C(=O)OC)cc3C)CCC21. The molecule has 2 fully saturated rings. The summed E-state index contributed by atoms with van der Waals surface area (Å²) >= 11 is 6.23. The van der Waals surface area contributed by atoms with Crippen LogP contribution < -0.4 is 10.6 Å². The molecule has 1 saturated heterocycles. The number of piperidine rings is 1. The van der Waals surface area contributed by atoms with Crippen molar-refractivity contribution in [3.63, 3.8) is 0 Å². The fourth-order valence-electron chi connectivity index (χ4n) is 5.29. The maximum Gasteiger partial charge on any atom is 0.338 e. The molecule has 1 aliphatic heterocycles. The first-order valence-electron chi connectivity index (χ1n) is 10.8. The van der Waals surface area contributed by atoms with Crippen molar-refractivity contribution in [2.24, 2.45) is 23.7 Å². The molecular weight excluding hydrogens is 454 g/mol. The number of carbonyl (C=O) groups is 2. The van der Waals surface area contributed by atoms with Crippen LogP contribution in [0.25, 0.3) is 0 Å². The smallest absolute Gasteiger partial charge is 0.338 e. The van der Waals surface area contributed by atoms with Gasteiger partial charge >= 0.3 is 12.0 Å². The van der Waals surface area contributed by atoms with Gasteiger partial charge in [-0.1, -0.05) is 0 Å². The number of esters is 1. The number of rotatable bonds is 6.